The van der Waals surface area contributed by atoms with Crippen molar-refractivity contribution in [2.75, 3.05) is 14.2 Å². The summed E-state index contributed by atoms with van der Waals surface area (Å²) in [7, 11) is 2.99. The number of hydrogen-bond donors (Lipinski definition) is 0. The monoisotopic (exact) mass is 306 g/mol. The van der Waals surface area contributed by atoms with Crippen molar-refractivity contribution >= 4 is 5.97 Å². The van der Waals surface area contributed by atoms with E-state index in [1.165, 1.54) is 13.2 Å². The van der Waals surface area contributed by atoms with Crippen LogP contribution in [0.25, 0.3) is 0 Å². The lowest BCUT2D eigenvalue weighted by molar-refractivity contribution is -0.242. The molecule has 1 fully saturated rings. The van der Waals surface area contributed by atoms with Crippen LogP contribution in [0, 0.1) is 0 Å². The molecule has 0 aromatic heterocycles. The average molecular weight is 306 g/mol. The predicted molar refractivity (Wildman–Crippen MR) is 81.5 cm³/mol. The largest absolute Gasteiger partial charge is 0.497 e. The maximum absolute atomic E-state index is 11.1. The zero-order valence-electron chi connectivity index (χ0n) is 13.2. The predicted octanol–water partition coefficient (Wildman–Crippen LogP) is 3.01. The molecule has 0 aliphatic carbocycles. The van der Waals surface area contributed by atoms with E-state index in [0.717, 1.165) is 17.7 Å². The number of rotatable bonds is 5. The normalized spacial score (nSPS) is 25.1. The van der Waals surface area contributed by atoms with Crippen molar-refractivity contribution < 1.29 is 23.7 Å². The van der Waals surface area contributed by atoms with E-state index in [-0.39, 0.29) is 18.2 Å². The molecule has 1 aliphatic rings. The second-order valence-corrected chi connectivity index (χ2v) is 5.21. The summed E-state index contributed by atoms with van der Waals surface area (Å²) in [6.45, 7) is 2.02. The molecule has 1 aromatic carbocycles. The van der Waals surface area contributed by atoms with E-state index >= 15 is 0 Å². The van der Waals surface area contributed by atoms with E-state index < -0.39 is 6.29 Å². The zero-order chi connectivity index (χ0) is 15.9. The third-order valence-electron chi connectivity index (χ3n) is 3.51. The molecule has 0 unspecified atom stereocenters. The second-order valence-electron chi connectivity index (χ2n) is 5.21. The van der Waals surface area contributed by atoms with Crippen molar-refractivity contribution in [2.24, 2.45) is 0 Å². The molecule has 1 aliphatic heterocycles. The fourth-order valence-corrected chi connectivity index (χ4v) is 2.35. The van der Waals surface area contributed by atoms with Gasteiger partial charge in [-0.15, -0.1) is 0 Å². The van der Waals surface area contributed by atoms with Gasteiger partial charge in [-0.25, -0.2) is 4.79 Å². The molecule has 3 atom stereocenters. The summed E-state index contributed by atoms with van der Waals surface area (Å²) in [5.74, 6) is 0.442. The first-order valence-electron chi connectivity index (χ1n) is 7.31. The summed E-state index contributed by atoms with van der Waals surface area (Å²) < 4.78 is 21.5. The van der Waals surface area contributed by atoms with Crippen molar-refractivity contribution in [2.45, 2.75) is 38.3 Å². The van der Waals surface area contributed by atoms with Crippen molar-refractivity contribution in [3.63, 3.8) is 0 Å². The first-order chi connectivity index (χ1) is 10.6. The van der Waals surface area contributed by atoms with Crippen LogP contribution in [0.4, 0.5) is 0 Å². The second kappa shape index (κ2) is 7.96. The Morgan fingerprint density at radius 1 is 1.27 bits per heavy atom. The molecule has 5 nitrogen and oxygen atoms in total. The fourth-order valence-electron chi connectivity index (χ4n) is 2.35. The third kappa shape index (κ3) is 4.58. The van der Waals surface area contributed by atoms with Gasteiger partial charge in [-0.3, -0.25) is 0 Å². The number of carbonyl (C=O) groups excluding carboxylic acids is 1. The van der Waals surface area contributed by atoms with Gasteiger partial charge in [-0.1, -0.05) is 18.2 Å². The minimum absolute atomic E-state index is 0.0109. The summed E-state index contributed by atoms with van der Waals surface area (Å²) in [5.41, 5.74) is 0.953. The van der Waals surface area contributed by atoms with Crippen molar-refractivity contribution in [1.82, 2.24) is 0 Å². The van der Waals surface area contributed by atoms with Gasteiger partial charge < -0.3 is 18.9 Å². The van der Waals surface area contributed by atoms with Crippen LogP contribution in [0.2, 0.25) is 0 Å². The number of ether oxygens (including phenoxy) is 4. The van der Waals surface area contributed by atoms with Crippen molar-refractivity contribution in [3.8, 4) is 5.75 Å². The summed E-state index contributed by atoms with van der Waals surface area (Å²) in [6, 6.07) is 7.63. The van der Waals surface area contributed by atoms with Crippen LogP contribution in [0.3, 0.4) is 0 Å². The van der Waals surface area contributed by atoms with Gasteiger partial charge >= 0.3 is 5.97 Å². The van der Waals surface area contributed by atoms with E-state index in [9.17, 15) is 4.79 Å². The van der Waals surface area contributed by atoms with Gasteiger partial charge in [-0.05, 0) is 25.5 Å². The maximum Gasteiger partial charge on any atom is 0.330 e. The molecule has 0 bridgehead atoms. The number of benzene rings is 1. The Balaban J connectivity index is 1.97. The molecule has 0 radical (unpaired) electrons. The Hall–Kier alpha value is -1.85. The molecular weight excluding hydrogens is 284 g/mol. The number of esters is 1. The molecule has 0 spiro atoms. The Kier molecular flexibility index (Phi) is 5.98. The molecule has 120 valence electrons. The zero-order valence-corrected chi connectivity index (χ0v) is 13.2. The SMILES string of the molecule is COC(=O)/C=C/C[C@H]1C[C@@H](C)O[C@@H](c2ccc(OC)cc2)O1. The smallest absolute Gasteiger partial charge is 0.330 e. The number of methoxy groups -OCH3 is 2. The first kappa shape index (κ1) is 16.5. The molecule has 5 heteroatoms. The molecule has 0 saturated carbocycles. The quantitative estimate of drug-likeness (QED) is 0.618. The lowest BCUT2D eigenvalue weighted by Crippen LogP contribution is -2.31. The summed E-state index contributed by atoms with van der Waals surface area (Å²) in [5, 5.41) is 0. The minimum Gasteiger partial charge on any atom is -0.497 e. The minimum atomic E-state index is -0.397. The van der Waals surface area contributed by atoms with Crippen LogP contribution < -0.4 is 4.74 Å². The highest BCUT2D eigenvalue weighted by Crippen LogP contribution is 2.31. The van der Waals surface area contributed by atoms with Gasteiger partial charge in [0.2, 0.25) is 0 Å². The standard InChI is InChI=1S/C17H22O5/c1-12-11-15(5-4-6-16(18)20-3)22-17(21-12)13-7-9-14(19-2)10-8-13/h4,6-10,12,15,17H,5,11H2,1-3H3/b6-4+/t12-,15+,17-/m1/s1. The maximum atomic E-state index is 11.1. The van der Waals surface area contributed by atoms with E-state index in [1.54, 1.807) is 13.2 Å². The Morgan fingerprint density at radius 2 is 2.00 bits per heavy atom. The van der Waals surface area contributed by atoms with E-state index in [0.29, 0.717) is 6.42 Å². The average Bonchev–Trinajstić information content (AvgIpc) is 2.54. The van der Waals surface area contributed by atoms with Gasteiger partial charge in [0.15, 0.2) is 6.29 Å². The van der Waals surface area contributed by atoms with Crippen LogP contribution in [0.1, 0.15) is 31.6 Å². The van der Waals surface area contributed by atoms with Crippen LogP contribution >= 0.6 is 0 Å². The highest BCUT2D eigenvalue weighted by Gasteiger charge is 2.28. The molecule has 1 heterocycles. The highest BCUT2D eigenvalue weighted by atomic mass is 16.7. The molecular formula is C17H22O5. The fraction of sp³-hybridized carbons (Fsp3) is 0.471. The van der Waals surface area contributed by atoms with Gasteiger partial charge in [-0.2, -0.15) is 0 Å². The summed E-state index contributed by atoms with van der Waals surface area (Å²) >= 11 is 0. The van der Waals surface area contributed by atoms with Gasteiger partial charge in [0.25, 0.3) is 0 Å². The third-order valence-corrected chi connectivity index (χ3v) is 3.51. The van der Waals surface area contributed by atoms with E-state index in [4.69, 9.17) is 14.2 Å². The van der Waals surface area contributed by atoms with Crippen LogP contribution in [-0.4, -0.2) is 32.4 Å². The van der Waals surface area contributed by atoms with Crippen molar-refractivity contribution in [3.05, 3.63) is 42.0 Å². The van der Waals surface area contributed by atoms with Crippen LogP contribution in [-0.2, 0) is 19.0 Å². The first-order valence-corrected chi connectivity index (χ1v) is 7.31. The molecule has 0 N–H and O–H groups in total. The molecule has 1 aromatic rings. The van der Waals surface area contributed by atoms with Crippen molar-refractivity contribution in [1.29, 1.82) is 0 Å². The highest BCUT2D eigenvalue weighted by molar-refractivity contribution is 5.81. The number of carbonyl (C=O) groups is 1. The van der Waals surface area contributed by atoms with Gasteiger partial charge in [0.1, 0.15) is 5.75 Å². The molecule has 0 amide bonds. The Morgan fingerprint density at radius 3 is 2.64 bits per heavy atom. The topological polar surface area (TPSA) is 54.0 Å². The van der Waals surface area contributed by atoms with E-state index in [2.05, 4.69) is 4.74 Å². The van der Waals surface area contributed by atoms with Crippen LogP contribution in [0.5, 0.6) is 5.75 Å². The van der Waals surface area contributed by atoms with Gasteiger partial charge in [0, 0.05) is 18.1 Å². The lowest BCUT2D eigenvalue weighted by atomic mass is 10.1. The Labute approximate surface area is 130 Å². The Bertz CT molecular complexity index is 508. The summed E-state index contributed by atoms with van der Waals surface area (Å²) in [4.78, 5) is 11.1. The molecule has 2 rings (SSSR count). The van der Waals surface area contributed by atoms with Gasteiger partial charge in [0.05, 0.1) is 26.4 Å². The van der Waals surface area contributed by atoms with E-state index in [1.807, 2.05) is 31.2 Å². The lowest BCUT2D eigenvalue weighted by Gasteiger charge is -2.34. The summed E-state index contributed by atoms with van der Waals surface area (Å²) in [6.07, 6.45) is 4.35. The number of hydrogen-bond acceptors (Lipinski definition) is 5. The van der Waals surface area contributed by atoms with Crippen LogP contribution in [0.15, 0.2) is 36.4 Å². The molecule has 1 saturated heterocycles. The molecule has 22 heavy (non-hydrogen) atoms.